The van der Waals surface area contributed by atoms with Crippen LogP contribution in [0, 0.1) is 0 Å². The highest BCUT2D eigenvalue weighted by atomic mass is 32.1. The SMILES string of the molecule is O=C(N[C@@H](Cc1ccccc1)C(=O)NC(CCc1ccccc1)C(=O)c1nccs1)OCc1ccccc1. The van der Waals surface area contributed by atoms with Crippen LogP contribution in [0.25, 0.3) is 0 Å². The van der Waals surface area contributed by atoms with E-state index >= 15 is 0 Å². The fourth-order valence-electron chi connectivity index (χ4n) is 3.96. The molecule has 8 heteroatoms. The van der Waals surface area contributed by atoms with Gasteiger partial charge in [-0.25, -0.2) is 9.78 Å². The maximum absolute atomic E-state index is 13.5. The van der Waals surface area contributed by atoms with Gasteiger partial charge in [0.15, 0.2) is 5.01 Å². The van der Waals surface area contributed by atoms with Crippen molar-refractivity contribution in [2.24, 2.45) is 0 Å². The molecule has 0 bridgehead atoms. The fraction of sp³-hybridized carbons (Fsp3) is 0.200. The highest BCUT2D eigenvalue weighted by Gasteiger charge is 2.29. The van der Waals surface area contributed by atoms with Gasteiger partial charge in [-0.15, -0.1) is 11.3 Å². The first-order chi connectivity index (χ1) is 18.6. The van der Waals surface area contributed by atoms with E-state index in [-0.39, 0.29) is 18.8 Å². The van der Waals surface area contributed by atoms with Crippen LogP contribution in [0.1, 0.15) is 32.9 Å². The zero-order valence-electron chi connectivity index (χ0n) is 20.8. The number of nitrogens with zero attached hydrogens (tertiary/aromatic N) is 1. The Kier molecular flexibility index (Phi) is 9.75. The molecule has 1 heterocycles. The number of ether oxygens (including phenoxy) is 1. The smallest absolute Gasteiger partial charge is 0.408 e. The van der Waals surface area contributed by atoms with Crippen molar-refractivity contribution in [3.05, 3.63) is 124 Å². The number of alkyl carbamates (subject to hydrolysis) is 1. The zero-order valence-corrected chi connectivity index (χ0v) is 21.6. The first kappa shape index (κ1) is 26.8. The molecule has 1 aromatic heterocycles. The molecular formula is C30H29N3O4S. The number of carbonyl (C=O) groups excluding carboxylic acids is 3. The number of Topliss-reactive ketones (excluding diaryl/α,β-unsaturated/α-hetero) is 1. The third-order valence-corrected chi connectivity index (χ3v) is 6.73. The zero-order chi connectivity index (χ0) is 26.6. The molecule has 7 nitrogen and oxygen atoms in total. The predicted octanol–water partition coefficient (Wildman–Crippen LogP) is 4.98. The van der Waals surface area contributed by atoms with Crippen LogP contribution >= 0.6 is 11.3 Å². The number of benzene rings is 3. The Bertz CT molecular complexity index is 1300. The van der Waals surface area contributed by atoms with Gasteiger partial charge in [0.05, 0.1) is 6.04 Å². The number of carbonyl (C=O) groups is 3. The number of rotatable bonds is 12. The molecule has 4 rings (SSSR count). The van der Waals surface area contributed by atoms with Gasteiger partial charge < -0.3 is 15.4 Å². The summed E-state index contributed by atoms with van der Waals surface area (Å²) in [7, 11) is 0. The van der Waals surface area contributed by atoms with E-state index in [0.29, 0.717) is 17.8 Å². The van der Waals surface area contributed by atoms with E-state index in [4.69, 9.17) is 4.74 Å². The summed E-state index contributed by atoms with van der Waals surface area (Å²) in [4.78, 5) is 43.5. The summed E-state index contributed by atoms with van der Waals surface area (Å²) in [6.07, 6.45) is 2.08. The van der Waals surface area contributed by atoms with E-state index < -0.39 is 24.1 Å². The maximum atomic E-state index is 13.5. The quantitative estimate of drug-likeness (QED) is 0.253. The van der Waals surface area contributed by atoms with Crippen LogP contribution in [0.15, 0.2) is 103 Å². The lowest BCUT2D eigenvalue weighted by Crippen LogP contribution is -2.52. The molecule has 0 aliphatic rings. The van der Waals surface area contributed by atoms with Crippen LogP contribution in [-0.4, -0.2) is 34.9 Å². The average Bonchev–Trinajstić information content (AvgIpc) is 3.50. The van der Waals surface area contributed by atoms with Crippen molar-refractivity contribution in [2.45, 2.75) is 38.0 Å². The van der Waals surface area contributed by atoms with Crippen molar-refractivity contribution in [3.8, 4) is 0 Å². The number of nitrogens with one attached hydrogen (secondary N) is 2. The third kappa shape index (κ3) is 8.11. The van der Waals surface area contributed by atoms with E-state index in [1.54, 1.807) is 11.6 Å². The second kappa shape index (κ2) is 13.9. The van der Waals surface area contributed by atoms with Gasteiger partial charge in [0.2, 0.25) is 11.7 Å². The van der Waals surface area contributed by atoms with Gasteiger partial charge in [0, 0.05) is 18.0 Å². The van der Waals surface area contributed by atoms with Crippen molar-refractivity contribution in [3.63, 3.8) is 0 Å². The average molecular weight is 528 g/mol. The first-order valence-corrected chi connectivity index (χ1v) is 13.3. The molecule has 3 aromatic carbocycles. The van der Waals surface area contributed by atoms with Gasteiger partial charge in [-0.05, 0) is 29.5 Å². The van der Waals surface area contributed by atoms with Gasteiger partial charge >= 0.3 is 6.09 Å². The molecule has 194 valence electrons. The minimum atomic E-state index is -0.941. The highest BCUT2D eigenvalue weighted by Crippen LogP contribution is 2.14. The number of ketones is 1. The predicted molar refractivity (Wildman–Crippen MR) is 147 cm³/mol. The minimum Gasteiger partial charge on any atom is -0.445 e. The number of hydrogen-bond donors (Lipinski definition) is 2. The molecule has 0 fully saturated rings. The van der Waals surface area contributed by atoms with Crippen molar-refractivity contribution in [1.82, 2.24) is 15.6 Å². The molecule has 2 atom stereocenters. The molecule has 0 aliphatic heterocycles. The number of aryl methyl sites for hydroxylation is 1. The van der Waals surface area contributed by atoms with Crippen LogP contribution in [0.4, 0.5) is 4.79 Å². The second-order valence-electron chi connectivity index (χ2n) is 8.74. The largest absolute Gasteiger partial charge is 0.445 e. The van der Waals surface area contributed by atoms with Gasteiger partial charge in [-0.2, -0.15) is 0 Å². The Morgan fingerprint density at radius 3 is 1.97 bits per heavy atom. The fourth-order valence-corrected chi connectivity index (χ4v) is 4.59. The van der Waals surface area contributed by atoms with Crippen LogP contribution in [-0.2, 0) is 29.0 Å². The van der Waals surface area contributed by atoms with Gasteiger partial charge in [-0.3, -0.25) is 9.59 Å². The van der Waals surface area contributed by atoms with Crippen LogP contribution in [0.5, 0.6) is 0 Å². The Hall–Kier alpha value is -4.30. The summed E-state index contributed by atoms with van der Waals surface area (Å²) in [6.45, 7) is 0.0780. The van der Waals surface area contributed by atoms with Crippen LogP contribution in [0.3, 0.4) is 0 Å². The molecule has 0 saturated carbocycles. The molecule has 1 unspecified atom stereocenters. The van der Waals surface area contributed by atoms with E-state index in [1.807, 2.05) is 91.0 Å². The lowest BCUT2D eigenvalue weighted by Gasteiger charge is -2.22. The monoisotopic (exact) mass is 527 g/mol. The molecule has 0 radical (unpaired) electrons. The van der Waals surface area contributed by atoms with Gasteiger partial charge in [0.25, 0.3) is 0 Å². The van der Waals surface area contributed by atoms with E-state index in [1.165, 1.54) is 11.3 Å². The van der Waals surface area contributed by atoms with Crippen molar-refractivity contribution >= 4 is 29.1 Å². The molecule has 38 heavy (non-hydrogen) atoms. The Morgan fingerprint density at radius 2 is 1.37 bits per heavy atom. The summed E-state index contributed by atoms with van der Waals surface area (Å²) < 4.78 is 5.36. The second-order valence-corrected chi connectivity index (χ2v) is 9.63. The van der Waals surface area contributed by atoms with Gasteiger partial charge in [-0.1, -0.05) is 91.0 Å². The molecule has 0 spiro atoms. The summed E-state index contributed by atoms with van der Waals surface area (Å²) in [6, 6.07) is 26.7. The number of amides is 2. The number of hydrogen-bond acceptors (Lipinski definition) is 6. The molecule has 2 amide bonds. The van der Waals surface area contributed by atoms with Crippen LogP contribution in [0.2, 0.25) is 0 Å². The normalized spacial score (nSPS) is 12.2. The Labute approximate surface area is 225 Å². The molecular weight excluding hydrogens is 498 g/mol. The topological polar surface area (TPSA) is 97.4 Å². The lowest BCUT2D eigenvalue weighted by molar-refractivity contribution is -0.123. The molecule has 2 N–H and O–H groups in total. The molecule has 0 aliphatic carbocycles. The summed E-state index contributed by atoms with van der Waals surface area (Å²) in [5.74, 6) is -0.720. The number of aromatic nitrogens is 1. The molecule has 0 saturated heterocycles. The third-order valence-electron chi connectivity index (χ3n) is 5.94. The van der Waals surface area contributed by atoms with E-state index in [0.717, 1.165) is 16.7 Å². The Balaban J connectivity index is 1.47. The standard InChI is InChI=1S/C30H29N3O4S/c34-27(29-31-18-19-38-29)25(17-16-22-10-4-1-5-11-22)32-28(35)26(20-23-12-6-2-7-13-23)33-30(36)37-21-24-14-8-3-9-15-24/h1-15,18-19,25-26H,16-17,20-21H2,(H,32,35)(H,33,36)/t25?,26-/m0/s1. The Morgan fingerprint density at radius 1 is 0.763 bits per heavy atom. The number of thiazole rings is 1. The van der Waals surface area contributed by atoms with Gasteiger partial charge in [0.1, 0.15) is 12.6 Å². The van der Waals surface area contributed by atoms with Crippen molar-refractivity contribution < 1.29 is 19.1 Å². The summed E-state index contributed by atoms with van der Waals surface area (Å²) >= 11 is 1.23. The first-order valence-electron chi connectivity index (χ1n) is 12.4. The van der Waals surface area contributed by atoms with Crippen molar-refractivity contribution in [2.75, 3.05) is 0 Å². The highest BCUT2D eigenvalue weighted by molar-refractivity contribution is 7.11. The summed E-state index contributed by atoms with van der Waals surface area (Å²) in [5, 5.41) is 7.63. The van der Waals surface area contributed by atoms with E-state index in [9.17, 15) is 14.4 Å². The lowest BCUT2D eigenvalue weighted by atomic mass is 10.0. The van der Waals surface area contributed by atoms with Crippen LogP contribution < -0.4 is 10.6 Å². The minimum absolute atomic E-state index is 0.0780. The maximum Gasteiger partial charge on any atom is 0.408 e. The molecule has 4 aromatic rings. The van der Waals surface area contributed by atoms with E-state index in [2.05, 4.69) is 15.6 Å². The summed E-state index contributed by atoms with van der Waals surface area (Å²) in [5.41, 5.74) is 2.76. The van der Waals surface area contributed by atoms with Crippen molar-refractivity contribution in [1.29, 1.82) is 0 Å².